The van der Waals surface area contributed by atoms with E-state index in [2.05, 4.69) is 10.3 Å². The number of imidazole rings is 1. The Balaban J connectivity index is 1.63. The molecule has 5 nitrogen and oxygen atoms in total. The number of hydrogen-bond donors (Lipinski definition) is 1. The van der Waals surface area contributed by atoms with Crippen LogP contribution in [-0.4, -0.2) is 27.1 Å². The lowest BCUT2D eigenvalue weighted by Crippen LogP contribution is -2.34. The van der Waals surface area contributed by atoms with Crippen LogP contribution in [0.5, 0.6) is 0 Å². The zero-order valence-electron chi connectivity index (χ0n) is 13.1. The van der Waals surface area contributed by atoms with Crippen molar-refractivity contribution in [3.05, 3.63) is 71.9 Å². The van der Waals surface area contributed by atoms with Gasteiger partial charge in [0, 0.05) is 42.2 Å². The van der Waals surface area contributed by atoms with Gasteiger partial charge in [-0.2, -0.15) is 0 Å². The van der Waals surface area contributed by atoms with Crippen molar-refractivity contribution in [2.75, 3.05) is 0 Å². The lowest BCUT2D eigenvalue weighted by atomic mass is 10.0. The molecule has 0 aliphatic rings. The fraction of sp³-hybridized carbons (Fsp3) is 0.167. The van der Waals surface area contributed by atoms with Crippen molar-refractivity contribution in [3.63, 3.8) is 0 Å². The first-order chi connectivity index (χ1) is 11.5. The summed E-state index contributed by atoms with van der Waals surface area (Å²) in [6.07, 6.45) is 5.34. The fourth-order valence-electron chi connectivity index (χ4n) is 2.44. The monoisotopic (exact) mass is 325 g/mol. The Bertz CT molecular complexity index is 887. The summed E-state index contributed by atoms with van der Waals surface area (Å²) in [4.78, 5) is 28.5. The number of Topliss-reactive ketones (excluding diaryl/α,β-unsaturated/α-hetero) is 1. The second kappa shape index (κ2) is 6.62. The van der Waals surface area contributed by atoms with Gasteiger partial charge in [-0.1, -0.05) is 0 Å². The molecular weight excluding hydrogens is 309 g/mol. The molecule has 0 radical (unpaired) electrons. The molecule has 6 heteroatoms. The fourth-order valence-corrected chi connectivity index (χ4v) is 2.44. The summed E-state index contributed by atoms with van der Waals surface area (Å²) in [6.45, 7) is 1.76. The Labute approximate surface area is 138 Å². The number of halogens is 1. The Morgan fingerprint density at radius 2 is 1.92 bits per heavy atom. The van der Waals surface area contributed by atoms with Crippen molar-refractivity contribution in [1.82, 2.24) is 14.7 Å². The number of hydrogen-bond acceptors (Lipinski definition) is 3. The summed E-state index contributed by atoms with van der Waals surface area (Å²) in [6, 6.07) is 8.41. The molecule has 0 saturated heterocycles. The van der Waals surface area contributed by atoms with E-state index in [0.717, 1.165) is 0 Å². The number of carbonyl (C=O) groups excluding carboxylic acids is 2. The maximum absolute atomic E-state index is 12.9. The molecule has 2 aromatic heterocycles. The van der Waals surface area contributed by atoms with Crippen molar-refractivity contribution in [2.24, 2.45) is 0 Å². The Hall–Kier alpha value is -3.02. The van der Waals surface area contributed by atoms with Gasteiger partial charge in [0.1, 0.15) is 11.5 Å². The molecule has 122 valence electrons. The van der Waals surface area contributed by atoms with Crippen molar-refractivity contribution in [1.29, 1.82) is 0 Å². The molecular formula is C18H16FN3O2. The van der Waals surface area contributed by atoms with E-state index in [4.69, 9.17) is 0 Å². The lowest BCUT2D eigenvalue weighted by Gasteiger charge is -2.13. The van der Waals surface area contributed by atoms with Crippen LogP contribution < -0.4 is 5.32 Å². The number of rotatable bonds is 5. The smallest absolute Gasteiger partial charge is 0.251 e. The summed E-state index contributed by atoms with van der Waals surface area (Å²) >= 11 is 0. The molecule has 0 spiro atoms. The molecule has 0 saturated carbocycles. The molecule has 1 amide bonds. The lowest BCUT2D eigenvalue weighted by molar-refractivity contribution is 0.0918. The second-order valence-electron chi connectivity index (χ2n) is 5.62. The molecule has 1 unspecified atom stereocenters. The van der Waals surface area contributed by atoms with E-state index in [1.807, 2.05) is 0 Å². The van der Waals surface area contributed by atoms with Crippen LogP contribution in [0.1, 0.15) is 34.1 Å². The molecule has 3 aromatic rings. The first kappa shape index (κ1) is 15.9. The topological polar surface area (TPSA) is 63.5 Å². The molecule has 3 rings (SSSR count). The van der Waals surface area contributed by atoms with E-state index in [1.165, 1.54) is 24.3 Å². The van der Waals surface area contributed by atoms with E-state index >= 15 is 0 Å². The maximum Gasteiger partial charge on any atom is 0.251 e. The number of nitrogens with one attached hydrogen (secondary N) is 1. The Kier molecular flexibility index (Phi) is 4.37. The number of pyridine rings is 1. The number of amides is 1. The van der Waals surface area contributed by atoms with E-state index in [1.54, 1.807) is 42.0 Å². The van der Waals surface area contributed by atoms with Crippen LogP contribution in [0.25, 0.3) is 5.65 Å². The molecule has 24 heavy (non-hydrogen) atoms. The van der Waals surface area contributed by atoms with Gasteiger partial charge in [-0.25, -0.2) is 9.37 Å². The van der Waals surface area contributed by atoms with E-state index in [0.29, 0.717) is 16.8 Å². The molecule has 2 heterocycles. The van der Waals surface area contributed by atoms with E-state index < -0.39 is 0 Å². The van der Waals surface area contributed by atoms with Crippen molar-refractivity contribution >= 4 is 17.3 Å². The first-order valence-corrected chi connectivity index (χ1v) is 7.55. The van der Waals surface area contributed by atoms with Crippen LogP contribution in [0.2, 0.25) is 0 Å². The number of fused-ring (bicyclic) bond motifs is 1. The summed E-state index contributed by atoms with van der Waals surface area (Å²) < 4.78 is 14.7. The highest BCUT2D eigenvalue weighted by Gasteiger charge is 2.15. The quantitative estimate of drug-likeness (QED) is 0.734. The van der Waals surface area contributed by atoms with Crippen LogP contribution in [-0.2, 0) is 0 Å². The van der Waals surface area contributed by atoms with Gasteiger partial charge in [0.2, 0.25) is 0 Å². The molecule has 0 fully saturated rings. The van der Waals surface area contributed by atoms with Gasteiger partial charge >= 0.3 is 0 Å². The van der Waals surface area contributed by atoms with Crippen LogP contribution in [0.3, 0.4) is 0 Å². The SMILES string of the molecule is CC(CC(=O)c1ccc(F)cc1)NC(=O)c1ccn2ccnc2c1. The summed E-state index contributed by atoms with van der Waals surface area (Å²) in [5, 5.41) is 2.79. The highest BCUT2D eigenvalue weighted by atomic mass is 19.1. The highest BCUT2D eigenvalue weighted by molar-refractivity contribution is 5.98. The van der Waals surface area contributed by atoms with Crippen LogP contribution in [0.4, 0.5) is 4.39 Å². The minimum atomic E-state index is -0.387. The van der Waals surface area contributed by atoms with Gasteiger partial charge in [0.05, 0.1) is 0 Å². The molecule has 1 aromatic carbocycles. The van der Waals surface area contributed by atoms with Crippen LogP contribution in [0.15, 0.2) is 55.0 Å². The van der Waals surface area contributed by atoms with Crippen molar-refractivity contribution < 1.29 is 14.0 Å². The predicted octanol–water partition coefficient (Wildman–Crippen LogP) is 2.86. The van der Waals surface area contributed by atoms with Crippen LogP contribution >= 0.6 is 0 Å². The minimum absolute atomic E-state index is 0.142. The predicted molar refractivity (Wildman–Crippen MR) is 87.5 cm³/mol. The van der Waals surface area contributed by atoms with Gasteiger partial charge in [-0.3, -0.25) is 9.59 Å². The minimum Gasteiger partial charge on any atom is -0.349 e. The second-order valence-corrected chi connectivity index (χ2v) is 5.62. The largest absolute Gasteiger partial charge is 0.349 e. The van der Waals surface area contributed by atoms with E-state index in [9.17, 15) is 14.0 Å². The first-order valence-electron chi connectivity index (χ1n) is 7.55. The number of aromatic nitrogens is 2. The van der Waals surface area contributed by atoms with Gasteiger partial charge in [0.15, 0.2) is 5.78 Å². The number of benzene rings is 1. The van der Waals surface area contributed by atoms with Crippen molar-refractivity contribution in [3.8, 4) is 0 Å². The van der Waals surface area contributed by atoms with Gasteiger partial charge in [-0.05, 0) is 43.3 Å². The Morgan fingerprint density at radius 1 is 1.17 bits per heavy atom. The molecule has 1 atom stereocenters. The number of nitrogens with zero attached hydrogens (tertiary/aromatic N) is 2. The normalized spacial score (nSPS) is 12.1. The third-order valence-electron chi connectivity index (χ3n) is 3.70. The third kappa shape index (κ3) is 3.48. The van der Waals surface area contributed by atoms with Gasteiger partial charge in [-0.15, -0.1) is 0 Å². The third-order valence-corrected chi connectivity index (χ3v) is 3.70. The summed E-state index contributed by atoms with van der Waals surface area (Å²) in [7, 11) is 0. The maximum atomic E-state index is 12.9. The standard InChI is InChI=1S/C18H16FN3O2/c1-12(10-16(23)13-2-4-15(19)5-3-13)21-18(24)14-6-8-22-9-7-20-17(22)11-14/h2-9,11-12H,10H2,1H3,(H,21,24). The van der Waals surface area contributed by atoms with E-state index in [-0.39, 0.29) is 30.0 Å². The number of carbonyl (C=O) groups is 2. The highest BCUT2D eigenvalue weighted by Crippen LogP contribution is 2.09. The molecule has 0 aliphatic carbocycles. The molecule has 1 N–H and O–H groups in total. The number of ketones is 1. The van der Waals surface area contributed by atoms with Gasteiger partial charge < -0.3 is 9.72 Å². The zero-order chi connectivity index (χ0) is 17.1. The summed E-state index contributed by atoms with van der Waals surface area (Å²) in [5.74, 6) is -0.798. The summed E-state index contributed by atoms with van der Waals surface area (Å²) in [5.41, 5.74) is 1.59. The average molecular weight is 325 g/mol. The molecule has 0 aliphatic heterocycles. The van der Waals surface area contributed by atoms with Crippen molar-refractivity contribution in [2.45, 2.75) is 19.4 Å². The Morgan fingerprint density at radius 3 is 2.67 bits per heavy atom. The van der Waals surface area contributed by atoms with Crippen LogP contribution in [0, 0.1) is 5.82 Å². The molecule has 0 bridgehead atoms. The average Bonchev–Trinajstić information content (AvgIpc) is 3.02. The zero-order valence-corrected chi connectivity index (χ0v) is 13.1. The van der Waals surface area contributed by atoms with Gasteiger partial charge in [0.25, 0.3) is 5.91 Å².